The lowest BCUT2D eigenvalue weighted by atomic mass is 10.2. The lowest BCUT2D eigenvalue weighted by Crippen LogP contribution is -2.23. The number of pyridine rings is 1. The van der Waals surface area contributed by atoms with Gasteiger partial charge < -0.3 is 14.4 Å². The molecule has 1 aromatic carbocycles. The van der Waals surface area contributed by atoms with Gasteiger partial charge in [0, 0.05) is 12.3 Å². The van der Waals surface area contributed by atoms with Gasteiger partial charge in [0.25, 0.3) is 5.56 Å². The lowest BCUT2D eigenvalue weighted by molar-refractivity contribution is 0.0695. The van der Waals surface area contributed by atoms with Crippen LogP contribution in [0.15, 0.2) is 47.4 Å². The molecule has 0 aliphatic heterocycles. The zero-order valence-electron chi connectivity index (χ0n) is 11.1. The predicted octanol–water partition coefficient (Wildman–Crippen LogP) is 1.93. The van der Waals surface area contributed by atoms with E-state index in [-0.39, 0.29) is 11.1 Å². The van der Waals surface area contributed by atoms with Gasteiger partial charge in [-0.2, -0.15) is 0 Å². The van der Waals surface area contributed by atoms with E-state index in [1.807, 2.05) is 31.2 Å². The molecule has 0 bridgehead atoms. The summed E-state index contributed by atoms with van der Waals surface area (Å²) < 4.78 is 6.87. The maximum atomic E-state index is 11.6. The number of carboxylic acids is 1. The summed E-state index contributed by atoms with van der Waals surface area (Å²) in [4.78, 5) is 22.5. The van der Waals surface area contributed by atoms with Gasteiger partial charge >= 0.3 is 5.97 Å². The Morgan fingerprint density at radius 3 is 2.80 bits per heavy atom. The molecule has 0 saturated carbocycles. The van der Waals surface area contributed by atoms with Crippen LogP contribution in [0.3, 0.4) is 0 Å². The second-order valence-corrected chi connectivity index (χ2v) is 4.42. The van der Waals surface area contributed by atoms with E-state index in [1.165, 1.54) is 22.9 Å². The minimum Gasteiger partial charge on any atom is -0.492 e. The van der Waals surface area contributed by atoms with Crippen LogP contribution in [0, 0.1) is 6.92 Å². The highest BCUT2D eigenvalue weighted by Gasteiger charge is 2.05. The first-order chi connectivity index (χ1) is 9.56. The molecule has 0 fully saturated rings. The Labute approximate surface area is 116 Å². The normalized spacial score (nSPS) is 10.2. The Balaban J connectivity index is 2.02. The summed E-state index contributed by atoms with van der Waals surface area (Å²) in [5.41, 5.74) is 0.926. The third kappa shape index (κ3) is 3.47. The van der Waals surface area contributed by atoms with Gasteiger partial charge in [-0.05, 0) is 30.7 Å². The van der Waals surface area contributed by atoms with Crippen LogP contribution in [-0.2, 0) is 6.54 Å². The fraction of sp³-hybridized carbons (Fsp3) is 0.200. The second-order valence-electron chi connectivity index (χ2n) is 4.42. The smallest absolute Gasteiger partial charge is 0.337 e. The van der Waals surface area contributed by atoms with Crippen LogP contribution >= 0.6 is 0 Å². The SMILES string of the molecule is Cc1cccc(OCCn2cc(C(=O)O)ccc2=O)c1. The van der Waals surface area contributed by atoms with Crippen molar-refractivity contribution in [1.29, 1.82) is 0 Å². The maximum absolute atomic E-state index is 11.6. The molecule has 1 heterocycles. The molecule has 0 aliphatic rings. The van der Waals surface area contributed by atoms with E-state index >= 15 is 0 Å². The molecule has 2 rings (SSSR count). The van der Waals surface area contributed by atoms with Gasteiger partial charge in [-0.25, -0.2) is 4.79 Å². The van der Waals surface area contributed by atoms with Crippen LogP contribution < -0.4 is 10.3 Å². The van der Waals surface area contributed by atoms with Gasteiger partial charge in [0.15, 0.2) is 0 Å². The van der Waals surface area contributed by atoms with Crippen molar-refractivity contribution in [2.75, 3.05) is 6.61 Å². The summed E-state index contributed by atoms with van der Waals surface area (Å²) in [6.07, 6.45) is 1.32. The minimum atomic E-state index is -1.06. The van der Waals surface area contributed by atoms with Crippen molar-refractivity contribution in [1.82, 2.24) is 4.57 Å². The number of aryl methyl sites for hydroxylation is 1. The Hall–Kier alpha value is -2.56. The average Bonchev–Trinajstić information content (AvgIpc) is 2.40. The molecule has 0 aliphatic carbocycles. The number of nitrogens with zero attached hydrogens (tertiary/aromatic N) is 1. The maximum Gasteiger partial charge on any atom is 0.337 e. The zero-order valence-corrected chi connectivity index (χ0v) is 11.1. The number of hydrogen-bond acceptors (Lipinski definition) is 3. The van der Waals surface area contributed by atoms with E-state index in [0.29, 0.717) is 13.2 Å². The monoisotopic (exact) mass is 273 g/mol. The molecule has 0 amide bonds. The van der Waals surface area contributed by atoms with Crippen molar-refractivity contribution < 1.29 is 14.6 Å². The molecule has 20 heavy (non-hydrogen) atoms. The number of ether oxygens (including phenoxy) is 1. The van der Waals surface area contributed by atoms with Gasteiger partial charge in [-0.3, -0.25) is 4.79 Å². The van der Waals surface area contributed by atoms with E-state index in [0.717, 1.165) is 11.3 Å². The van der Waals surface area contributed by atoms with Crippen molar-refractivity contribution >= 4 is 5.97 Å². The molecule has 0 spiro atoms. The number of benzene rings is 1. The number of aromatic carboxylic acids is 1. The highest BCUT2D eigenvalue weighted by molar-refractivity contribution is 5.87. The lowest BCUT2D eigenvalue weighted by Gasteiger charge is -2.09. The summed E-state index contributed by atoms with van der Waals surface area (Å²) in [7, 11) is 0. The molecule has 104 valence electrons. The summed E-state index contributed by atoms with van der Waals surface area (Å²) >= 11 is 0. The van der Waals surface area contributed by atoms with Gasteiger partial charge in [0.2, 0.25) is 0 Å². The fourth-order valence-electron chi connectivity index (χ4n) is 1.80. The summed E-state index contributed by atoms with van der Waals surface area (Å²) in [5.74, 6) is -0.328. The first kappa shape index (κ1) is 13.9. The Kier molecular flexibility index (Phi) is 4.20. The Morgan fingerprint density at radius 1 is 1.30 bits per heavy atom. The van der Waals surface area contributed by atoms with E-state index in [2.05, 4.69) is 0 Å². The topological polar surface area (TPSA) is 68.5 Å². The third-order valence-corrected chi connectivity index (χ3v) is 2.82. The van der Waals surface area contributed by atoms with E-state index < -0.39 is 5.97 Å². The standard InChI is InChI=1S/C15H15NO4/c1-11-3-2-4-13(9-11)20-8-7-16-10-12(15(18)19)5-6-14(16)17/h2-6,9-10H,7-8H2,1H3,(H,18,19). The van der Waals surface area contributed by atoms with E-state index in [1.54, 1.807) is 0 Å². The Bertz CT molecular complexity index is 676. The number of carbonyl (C=O) groups is 1. The first-order valence-corrected chi connectivity index (χ1v) is 6.19. The van der Waals surface area contributed by atoms with Crippen LogP contribution in [0.5, 0.6) is 5.75 Å². The minimum absolute atomic E-state index is 0.0835. The Morgan fingerprint density at radius 2 is 2.10 bits per heavy atom. The highest BCUT2D eigenvalue weighted by atomic mass is 16.5. The molecule has 1 aromatic heterocycles. The molecule has 5 heteroatoms. The first-order valence-electron chi connectivity index (χ1n) is 6.19. The van der Waals surface area contributed by atoms with Crippen molar-refractivity contribution in [3.63, 3.8) is 0 Å². The molecular formula is C15H15NO4. The van der Waals surface area contributed by atoms with Gasteiger partial charge in [0.1, 0.15) is 12.4 Å². The van der Waals surface area contributed by atoms with Crippen molar-refractivity contribution in [2.45, 2.75) is 13.5 Å². The molecule has 0 radical (unpaired) electrons. The van der Waals surface area contributed by atoms with Gasteiger partial charge in [-0.1, -0.05) is 12.1 Å². The molecule has 5 nitrogen and oxygen atoms in total. The summed E-state index contributed by atoms with van der Waals surface area (Å²) in [5, 5.41) is 8.89. The van der Waals surface area contributed by atoms with Gasteiger partial charge in [-0.15, -0.1) is 0 Å². The average molecular weight is 273 g/mol. The van der Waals surface area contributed by atoms with Gasteiger partial charge in [0.05, 0.1) is 12.1 Å². The fourth-order valence-corrected chi connectivity index (χ4v) is 1.80. The molecular weight excluding hydrogens is 258 g/mol. The number of hydrogen-bond donors (Lipinski definition) is 1. The molecule has 0 unspecified atom stereocenters. The van der Waals surface area contributed by atoms with Crippen LogP contribution in [0.1, 0.15) is 15.9 Å². The summed E-state index contributed by atoms with van der Waals surface area (Å²) in [6, 6.07) is 10.1. The largest absolute Gasteiger partial charge is 0.492 e. The van der Waals surface area contributed by atoms with E-state index in [9.17, 15) is 9.59 Å². The zero-order chi connectivity index (χ0) is 14.5. The van der Waals surface area contributed by atoms with E-state index in [4.69, 9.17) is 9.84 Å². The van der Waals surface area contributed by atoms with Crippen molar-refractivity contribution in [3.8, 4) is 5.75 Å². The molecule has 1 N–H and O–H groups in total. The highest BCUT2D eigenvalue weighted by Crippen LogP contribution is 2.12. The quantitative estimate of drug-likeness (QED) is 0.903. The predicted molar refractivity (Wildman–Crippen MR) is 74.3 cm³/mol. The number of aromatic nitrogens is 1. The number of carboxylic acid groups (broad SMARTS) is 1. The number of rotatable bonds is 5. The molecule has 2 aromatic rings. The molecule has 0 atom stereocenters. The van der Waals surface area contributed by atoms with Crippen LogP contribution in [-0.4, -0.2) is 22.2 Å². The summed E-state index contributed by atoms with van der Waals surface area (Å²) in [6.45, 7) is 2.56. The van der Waals surface area contributed by atoms with Crippen LogP contribution in [0.2, 0.25) is 0 Å². The van der Waals surface area contributed by atoms with Crippen LogP contribution in [0.25, 0.3) is 0 Å². The van der Waals surface area contributed by atoms with Crippen LogP contribution in [0.4, 0.5) is 0 Å². The second kappa shape index (κ2) is 6.06. The third-order valence-electron chi connectivity index (χ3n) is 2.82. The molecule has 0 saturated heterocycles. The van der Waals surface area contributed by atoms with Crippen molar-refractivity contribution in [2.24, 2.45) is 0 Å². The van der Waals surface area contributed by atoms with Crippen molar-refractivity contribution in [3.05, 3.63) is 64.1 Å².